The molecule has 1 aromatic carbocycles. The van der Waals surface area contributed by atoms with Gasteiger partial charge >= 0.3 is 5.97 Å². The quantitative estimate of drug-likeness (QED) is 0.537. The number of hydrogen-bond acceptors (Lipinski definition) is 3. The molecule has 1 aliphatic rings. The van der Waals surface area contributed by atoms with E-state index in [1.54, 1.807) is 30.3 Å². The first-order valence-corrected chi connectivity index (χ1v) is 8.93. The summed E-state index contributed by atoms with van der Waals surface area (Å²) in [7, 11) is 0. The van der Waals surface area contributed by atoms with E-state index in [2.05, 4.69) is 0 Å². The van der Waals surface area contributed by atoms with Gasteiger partial charge in [-0.25, -0.2) is 0 Å². The molecule has 0 bridgehead atoms. The van der Waals surface area contributed by atoms with Crippen LogP contribution < -0.4 is 0 Å². The van der Waals surface area contributed by atoms with E-state index in [1.165, 1.54) is 6.08 Å². The van der Waals surface area contributed by atoms with Crippen molar-refractivity contribution in [1.29, 1.82) is 5.26 Å². The Morgan fingerprint density at radius 1 is 1.28 bits per heavy atom. The third-order valence-corrected chi connectivity index (χ3v) is 4.78. The van der Waals surface area contributed by atoms with Crippen LogP contribution in [0.5, 0.6) is 0 Å². The van der Waals surface area contributed by atoms with E-state index >= 15 is 0 Å². The fourth-order valence-electron chi connectivity index (χ4n) is 2.87. The van der Waals surface area contributed by atoms with Crippen LogP contribution in [0.4, 0.5) is 0 Å². The van der Waals surface area contributed by atoms with Gasteiger partial charge in [-0.2, -0.15) is 5.26 Å². The van der Waals surface area contributed by atoms with Crippen molar-refractivity contribution in [3.8, 4) is 6.07 Å². The summed E-state index contributed by atoms with van der Waals surface area (Å²) in [5.74, 6) is -0.964. The number of benzene rings is 1. The monoisotopic (exact) mass is 417 g/mol. The molecule has 0 heterocycles. The molecular weight excluding hydrogens is 404 g/mol. The number of allylic oxidation sites excluding steroid dienone is 1. The molecule has 3 nitrogen and oxygen atoms in total. The lowest BCUT2D eigenvalue weighted by atomic mass is 10.1. The van der Waals surface area contributed by atoms with E-state index in [1.807, 2.05) is 19.9 Å². The molecule has 3 atom stereocenters. The number of hydrogen-bond donors (Lipinski definition) is 0. The van der Waals surface area contributed by atoms with Crippen LogP contribution in [-0.2, 0) is 9.53 Å². The highest BCUT2D eigenvalue weighted by molar-refractivity contribution is 6.57. The van der Waals surface area contributed by atoms with Gasteiger partial charge in [0.05, 0.1) is 5.92 Å². The lowest BCUT2D eigenvalue weighted by Gasteiger charge is -2.12. The lowest BCUT2D eigenvalue weighted by molar-refractivity contribution is -0.149. The molecule has 1 aromatic rings. The van der Waals surface area contributed by atoms with Crippen molar-refractivity contribution in [3.63, 3.8) is 0 Å². The highest BCUT2D eigenvalue weighted by Gasteiger charge is 2.62. The molecule has 0 saturated heterocycles. The Morgan fingerprint density at radius 2 is 1.96 bits per heavy atom. The average molecular weight is 419 g/mol. The van der Waals surface area contributed by atoms with Crippen molar-refractivity contribution < 1.29 is 9.53 Å². The predicted octanol–water partition coefficient (Wildman–Crippen LogP) is 6.16. The first-order chi connectivity index (χ1) is 11.7. The van der Waals surface area contributed by atoms with Gasteiger partial charge in [0, 0.05) is 5.56 Å². The highest BCUT2D eigenvalue weighted by Crippen LogP contribution is 2.60. The summed E-state index contributed by atoms with van der Waals surface area (Å²) in [6, 6.07) is 8.90. The van der Waals surface area contributed by atoms with Gasteiger partial charge in [0.1, 0.15) is 15.1 Å². The molecule has 3 unspecified atom stereocenters. The SMILES string of the molecule is CC1(C)C(C=C(Cl)Cl)C1C(=O)OC(C#N)c1cccc(C=C(Cl)Cl)c1. The van der Waals surface area contributed by atoms with Crippen LogP contribution in [0.2, 0.25) is 0 Å². The molecule has 0 spiro atoms. The number of nitriles is 1. The number of esters is 1. The van der Waals surface area contributed by atoms with Crippen molar-refractivity contribution in [3.05, 3.63) is 50.5 Å². The number of carbonyl (C=O) groups excluding carboxylic acids is 1. The maximum atomic E-state index is 12.5. The van der Waals surface area contributed by atoms with E-state index in [-0.39, 0.29) is 20.3 Å². The van der Waals surface area contributed by atoms with Crippen LogP contribution in [0.3, 0.4) is 0 Å². The molecule has 0 amide bonds. The lowest BCUT2D eigenvalue weighted by Crippen LogP contribution is -2.14. The molecule has 7 heteroatoms. The van der Waals surface area contributed by atoms with Gasteiger partial charge in [-0.05, 0) is 35.1 Å². The third kappa shape index (κ3) is 4.92. The third-order valence-electron chi connectivity index (χ3n) is 4.31. The Bertz CT molecular complexity index is 772. The largest absolute Gasteiger partial charge is 0.442 e. The molecule has 1 aliphatic carbocycles. The Morgan fingerprint density at radius 3 is 2.52 bits per heavy atom. The second kappa shape index (κ2) is 8.01. The second-order valence-electron chi connectivity index (χ2n) is 6.33. The summed E-state index contributed by atoms with van der Waals surface area (Å²) in [5.41, 5.74) is 0.929. The average Bonchev–Trinajstić information content (AvgIpc) is 3.04. The van der Waals surface area contributed by atoms with Crippen molar-refractivity contribution >= 4 is 58.4 Å². The molecule has 1 fully saturated rings. The smallest absolute Gasteiger partial charge is 0.311 e. The highest BCUT2D eigenvalue weighted by atomic mass is 35.5. The Balaban J connectivity index is 2.16. The molecule has 0 aliphatic heterocycles. The van der Waals surface area contributed by atoms with Crippen LogP contribution in [-0.4, -0.2) is 5.97 Å². The minimum Gasteiger partial charge on any atom is -0.442 e. The number of nitrogens with zero attached hydrogens (tertiary/aromatic N) is 1. The van der Waals surface area contributed by atoms with E-state index in [9.17, 15) is 10.1 Å². The van der Waals surface area contributed by atoms with Gasteiger partial charge in [-0.15, -0.1) is 0 Å². The van der Waals surface area contributed by atoms with E-state index in [4.69, 9.17) is 51.1 Å². The van der Waals surface area contributed by atoms with Crippen molar-refractivity contribution in [2.75, 3.05) is 0 Å². The zero-order chi connectivity index (χ0) is 18.8. The zero-order valence-corrected chi connectivity index (χ0v) is 16.5. The van der Waals surface area contributed by atoms with Crippen molar-refractivity contribution in [2.24, 2.45) is 17.3 Å². The summed E-state index contributed by atoms with van der Waals surface area (Å²) >= 11 is 22.7. The zero-order valence-electron chi connectivity index (χ0n) is 13.5. The molecule has 0 aromatic heterocycles. The summed E-state index contributed by atoms with van der Waals surface area (Å²) in [6.07, 6.45) is 2.14. The van der Waals surface area contributed by atoms with Crippen LogP contribution >= 0.6 is 46.4 Å². The molecule has 1 saturated carbocycles. The fraction of sp³-hybridized carbons (Fsp3) is 0.333. The van der Waals surface area contributed by atoms with Crippen molar-refractivity contribution in [1.82, 2.24) is 0 Å². The topological polar surface area (TPSA) is 50.1 Å². The maximum absolute atomic E-state index is 12.5. The molecule has 2 rings (SSSR count). The van der Waals surface area contributed by atoms with Gasteiger partial charge < -0.3 is 4.74 Å². The number of ether oxygens (including phenoxy) is 1. The summed E-state index contributed by atoms with van der Waals surface area (Å²) in [5, 5.41) is 9.40. The summed E-state index contributed by atoms with van der Waals surface area (Å²) < 4.78 is 5.62. The summed E-state index contributed by atoms with van der Waals surface area (Å²) in [4.78, 5) is 12.5. The Hall–Kier alpha value is -1.18. The molecular formula is C18H15Cl4NO2. The van der Waals surface area contributed by atoms with Gasteiger partial charge in [0.25, 0.3) is 0 Å². The van der Waals surface area contributed by atoms with E-state index < -0.39 is 18.0 Å². The maximum Gasteiger partial charge on any atom is 0.311 e. The van der Waals surface area contributed by atoms with Crippen LogP contribution in [0.15, 0.2) is 39.3 Å². The van der Waals surface area contributed by atoms with Crippen LogP contribution in [0, 0.1) is 28.6 Å². The van der Waals surface area contributed by atoms with Gasteiger partial charge in [0.2, 0.25) is 6.10 Å². The first kappa shape index (κ1) is 20.1. The van der Waals surface area contributed by atoms with E-state index in [0.717, 1.165) is 0 Å². The number of rotatable bonds is 5. The number of halogens is 4. The molecule has 0 radical (unpaired) electrons. The molecule has 0 N–H and O–H groups in total. The van der Waals surface area contributed by atoms with Crippen LogP contribution in [0.1, 0.15) is 31.1 Å². The standard InChI is InChI=1S/C18H15Cl4NO2/c1-18(2)12(8-15(21)22)16(18)17(24)25-13(9-23)11-5-3-4-10(6-11)7-14(19)20/h3-8,12-13,16H,1-2H3. The minimum absolute atomic E-state index is 0.0926. The van der Waals surface area contributed by atoms with Gasteiger partial charge in [0.15, 0.2) is 0 Å². The summed E-state index contributed by atoms with van der Waals surface area (Å²) in [6.45, 7) is 3.85. The molecule has 132 valence electrons. The van der Waals surface area contributed by atoms with Crippen molar-refractivity contribution in [2.45, 2.75) is 20.0 Å². The van der Waals surface area contributed by atoms with Crippen LogP contribution in [0.25, 0.3) is 6.08 Å². The fourth-order valence-corrected chi connectivity index (χ4v) is 3.39. The van der Waals surface area contributed by atoms with Gasteiger partial charge in [-0.1, -0.05) is 78.5 Å². The molecule has 25 heavy (non-hydrogen) atoms. The Kier molecular flexibility index (Phi) is 6.45. The number of carbonyl (C=O) groups is 1. The van der Waals surface area contributed by atoms with E-state index in [0.29, 0.717) is 11.1 Å². The minimum atomic E-state index is -1.03. The Labute approximate surface area is 166 Å². The second-order valence-corrected chi connectivity index (χ2v) is 8.35. The normalized spacial score (nSPS) is 21.5. The predicted molar refractivity (Wildman–Crippen MR) is 101 cm³/mol. The first-order valence-electron chi connectivity index (χ1n) is 7.42. The van der Waals surface area contributed by atoms with Gasteiger partial charge in [-0.3, -0.25) is 4.79 Å².